The van der Waals surface area contributed by atoms with Crippen LogP contribution in [0, 0.1) is 5.92 Å². The number of nitrogens with zero attached hydrogens (tertiary/aromatic N) is 1. The maximum Gasteiger partial charge on any atom is 0.350 e. The van der Waals surface area contributed by atoms with Crippen molar-refractivity contribution in [1.29, 1.82) is 0 Å². The van der Waals surface area contributed by atoms with Crippen LogP contribution in [0.3, 0.4) is 0 Å². The van der Waals surface area contributed by atoms with Crippen molar-refractivity contribution in [3.05, 3.63) is 14.7 Å². The predicted molar refractivity (Wildman–Crippen MR) is 77.6 cm³/mol. The second kappa shape index (κ2) is 5.71. The van der Waals surface area contributed by atoms with Crippen LogP contribution in [-0.2, 0) is 9.53 Å². The molecular formula is C11H11Br2NO3S. The Morgan fingerprint density at radius 3 is 2.94 bits per heavy atom. The van der Waals surface area contributed by atoms with Crippen LogP contribution in [-0.4, -0.2) is 30.9 Å². The highest BCUT2D eigenvalue weighted by molar-refractivity contribution is 9.10. The van der Waals surface area contributed by atoms with Gasteiger partial charge in [-0.3, -0.25) is 4.79 Å². The molecule has 1 fully saturated rings. The van der Waals surface area contributed by atoms with Crippen molar-refractivity contribution in [2.24, 2.45) is 5.92 Å². The molecule has 0 radical (unpaired) electrons. The van der Waals surface area contributed by atoms with E-state index < -0.39 is 5.97 Å². The molecule has 1 aliphatic heterocycles. The van der Waals surface area contributed by atoms with Gasteiger partial charge in [0, 0.05) is 23.7 Å². The van der Waals surface area contributed by atoms with E-state index in [1.54, 1.807) is 10.3 Å². The molecule has 0 saturated carbocycles. The first kappa shape index (κ1) is 14.0. The molecule has 2 heterocycles. The van der Waals surface area contributed by atoms with Crippen LogP contribution in [0.5, 0.6) is 0 Å². The summed E-state index contributed by atoms with van der Waals surface area (Å²) in [4.78, 5) is 25.8. The van der Waals surface area contributed by atoms with Crippen molar-refractivity contribution in [1.82, 2.24) is 0 Å². The van der Waals surface area contributed by atoms with Crippen molar-refractivity contribution >= 4 is 60.8 Å². The van der Waals surface area contributed by atoms with E-state index in [0.29, 0.717) is 23.5 Å². The van der Waals surface area contributed by atoms with Crippen molar-refractivity contribution in [3.63, 3.8) is 0 Å². The average molecular weight is 397 g/mol. The number of rotatable bonds is 3. The van der Waals surface area contributed by atoms with Crippen LogP contribution in [0.2, 0.25) is 0 Å². The van der Waals surface area contributed by atoms with E-state index in [-0.39, 0.29) is 11.8 Å². The molecule has 0 spiro atoms. The standard InChI is InChI=1S/C11H11Br2NO3S/c1-17-11(16)10-9(7(13)5-18-10)14-4-6(3-12)2-8(14)15/h5-6H,2-4H2,1H3. The van der Waals surface area contributed by atoms with E-state index in [1.165, 1.54) is 18.4 Å². The van der Waals surface area contributed by atoms with Gasteiger partial charge >= 0.3 is 5.97 Å². The van der Waals surface area contributed by atoms with Gasteiger partial charge in [-0.15, -0.1) is 11.3 Å². The number of thiophene rings is 1. The Morgan fingerprint density at radius 1 is 1.67 bits per heavy atom. The summed E-state index contributed by atoms with van der Waals surface area (Å²) in [5, 5.41) is 2.58. The Balaban J connectivity index is 2.36. The van der Waals surface area contributed by atoms with Gasteiger partial charge in [0.2, 0.25) is 5.91 Å². The zero-order chi connectivity index (χ0) is 13.3. The lowest BCUT2D eigenvalue weighted by Crippen LogP contribution is -2.26. The van der Waals surface area contributed by atoms with Gasteiger partial charge in [0.15, 0.2) is 0 Å². The molecule has 7 heteroatoms. The summed E-state index contributed by atoms with van der Waals surface area (Å²) in [7, 11) is 1.34. The Kier molecular flexibility index (Phi) is 4.45. The number of halogens is 2. The Labute approximate surface area is 126 Å². The number of amides is 1. The molecular weight excluding hydrogens is 386 g/mol. The van der Waals surface area contributed by atoms with Crippen LogP contribution >= 0.6 is 43.2 Å². The monoisotopic (exact) mass is 395 g/mol. The summed E-state index contributed by atoms with van der Waals surface area (Å²) < 4.78 is 5.50. The molecule has 1 aromatic heterocycles. The second-order valence-corrected chi connectivity index (χ2v) is 6.36. The van der Waals surface area contributed by atoms with Crippen molar-refractivity contribution in [3.8, 4) is 0 Å². The van der Waals surface area contributed by atoms with Gasteiger partial charge in [0.05, 0.1) is 17.3 Å². The molecule has 18 heavy (non-hydrogen) atoms. The Morgan fingerprint density at radius 2 is 2.39 bits per heavy atom. The summed E-state index contributed by atoms with van der Waals surface area (Å²) in [6, 6.07) is 0. The highest BCUT2D eigenvalue weighted by Crippen LogP contribution is 2.39. The number of esters is 1. The minimum Gasteiger partial charge on any atom is -0.465 e. The van der Waals surface area contributed by atoms with Gasteiger partial charge < -0.3 is 9.64 Å². The molecule has 0 N–H and O–H groups in total. The fourth-order valence-corrected chi connectivity index (χ4v) is 4.02. The van der Waals surface area contributed by atoms with E-state index >= 15 is 0 Å². The maximum absolute atomic E-state index is 12.0. The lowest BCUT2D eigenvalue weighted by atomic mass is 10.2. The third-order valence-corrected chi connectivity index (χ3v) is 5.56. The topological polar surface area (TPSA) is 46.6 Å². The summed E-state index contributed by atoms with van der Waals surface area (Å²) in [6.45, 7) is 0.628. The van der Waals surface area contributed by atoms with Gasteiger partial charge in [0.1, 0.15) is 4.88 Å². The van der Waals surface area contributed by atoms with Gasteiger partial charge in [-0.25, -0.2) is 4.79 Å². The molecule has 2 rings (SSSR count). The summed E-state index contributed by atoms with van der Waals surface area (Å²) in [5.74, 6) is -0.0747. The van der Waals surface area contributed by atoms with Crippen LogP contribution in [0.25, 0.3) is 0 Å². The van der Waals surface area contributed by atoms with Crippen LogP contribution < -0.4 is 4.90 Å². The molecule has 0 aromatic carbocycles. The highest BCUT2D eigenvalue weighted by Gasteiger charge is 2.34. The van der Waals surface area contributed by atoms with Gasteiger partial charge in [0.25, 0.3) is 0 Å². The molecule has 1 amide bonds. The van der Waals surface area contributed by atoms with Gasteiger partial charge in [-0.1, -0.05) is 15.9 Å². The highest BCUT2D eigenvalue weighted by atomic mass is 79.9. The number of alkyl halides is 1. The normalized spacial score (nSPS) is 19.4. The van der Waals surface area contributed by atoms with E-state index in [4.69, 9.17) is 4.74 Å². The zero-order valence-corrected chi connectivity index (χ0v) is 13.6. The molecule has 1 unspecified atom stereocenters. The van der Waals surface area contributed by atoms with Crippen LogP contribution in [0.15, 0.2) is 9.85 Å². The molecule has 1 saturated heterocycles. The predicted octanol–water partition coefficient (Wildman–Crippen LogP) is 3.05. The van der Waals surface area contributed by atoms with Crippen LogP contribution in [0.1, 0.15) is 16.1 Å². The molecule has 0 bridgehead atoms. The lowest BCUT2D eigenvalue weighted by molar-refractivity contribution is -0.117. The number of hydrogen-bond donors (Lipinski definition) is 0. The van der Waals surface area contributed by atoms with Crippen molar-refractivity contribution < 1.29 is 14.3 Å². The lowest BCUT2D eigenvalue weighted by Gasteiger charge is -2.17. The molecule has 1 aliphatic rings. The number of carbonyl (C=O) groups is 2. The molecule has 4 nitrogen and oxygen atoms in total. The quantitative estimate of drug-likeness (QED) is 0.582. The fourth-order valence-electron chi connectivity index (χ4n) is 1.92. The minimum atomic E-state index is -0.407. The summed E-state index contributed by atoms with van der Waals surface area (Å²) >= 11 is 8.07. The van der Waals surface area contributed by atoms with E-state index in [0.717, 1.165) is 9.80 Å². The van der Waals surface area contributed by atoms with Gasteiger partial charge in [-0.05, 0) is 21.8 Å². The first-order chi connectivity index (χ1) is 8.58. The van der Waals surface area contributed by atoms with Crippen molar-refractivity contribution in [2.45, 2.75) is 6.42 Å². The number of ether oxygens (including phenoxy) is 1. The van der Waals surface area contributed by atoms with Gasteiger partial charge in [-0.2, -0.15) is 0 Å². The second-order valence-electron chi connectivity index (χ2n) is 3.98. The minimum absolute atomic E-state index is 0.0451. The van der Waals surface area contributed by atoms with E-state index in [2.05, 4.69) is 31.9 Å². The summed E-state index contributed by atoms with van der Waals surface area (Å²) in [6.07, 6.45) is 0.508. The first-order valence-electron chi connectivity index (χ1n) is 5.30. The largest absolute Gasteiger partial charge is 0.465 e. The zero-order valence-electron chi connectivity index (χ0n) is 9.61. The first-order valence-corrected chi connectivity index (χ1v) is 8.09. The molecule has 98 valence electrons. The Bertz CT molecular complexity index is 489. The summed E-state index contributed by atoms with van der Waals surface area (Å²) in [5.41, 5.74) is 0.639. The van der Waals surface area contributed by atoms with Crippen molar-refractivity contribution in [2.75, 3.05) is 23.9 Å². The third-order valence-electron chi connectivity index (χ3n) is 2.79. The fraction of sp³-hybridized carbons (Fsp3) is 0.455. The molecule has 1 aromatic rings. The van der Waals surface area contributed by atoms with E-state index in [1.807, 2.05) is 0 Å². The maximum atomic E-state index is 12.0. The number of anilines is 1. The number of hydrogen-bond acceptors (Lipinski definition) is 4. The Hall–Kier alpha value is -0.400. The smallest absolute Gasteiger partial charge is 0.350 e. The molecule has 1 atom stereocenters. The molecule has 0 aliphatic carbocycles. The third kappa shape index (κ3) is 2.48. The average Bonchev–Trinajstić information content (AvgIpc) is 2.91. The number of methoxy groups -OCH3 is 1. The SMILES string of the molecule is COC(=O)c1scc(Br)c1N1CC(CBr)CC1=O. The van der Waals surface area contributed by atoms with E-state index in [9.17, 15) is 9.59 Å². The van der Waals surface area contributed by atoms with Crippen LogP contribution in [0.4, 0.5) is 5.69 Å². The number of carbonyl (C=O) groups excluding carboxylic acids is 2.